The average molecular weight is 285 g/mol. The van der Waals surface area contributed by atoms with Crippen molar-refractivity contribution in [3.8, 4) is 0 Å². The molecule has 2 rings (SSSR count). The second-order valence-electron chi connectivity index (χ2n) is 5.14. The van der Waals surface area contributed by atoms with Gasteiger partial charge in [0.25, 0.3) is 0 Å². The van der Waals surface area contributed by atoms with Crippen LogP contribution < -0.4 is 5.32 Å². The van der Waals surface area contributed by atoms with E-state index >= 15 is 0 Å². The fourth-order valence-corrected chi connectivity index (χ4v) is 3.28. The maximum atomic E-state index is 9.53. The Bertz CT molecular complexity index is 391. The number of nitrogens with one attached hydrogen (secondary N) is 1. The third kappa shape index (κ3) is 3.70. The van der Waals surface area contributed by atoms with Gasteiger partial charge in [-0.05, 0) is 25.5 Å². The van der Waals surface area contributed by atoms with Gasteiger partial charge in [-0.3, -0.25) is 0 Å². The predicted molar refractivity (Wildman–Crippen MR) is 76.0 cm³/mol. The molecule has 1 saturated carbocycles. The van der Waals surface area contributed by atoms with Gasteiger partial charge in [-0.25, -0.2) is 0 Å². The number of rotatable bonds is 7. The number of hydrogen-bond donors (Lipinski definition) is 2. The van der Waals surface area contributed by atoms with Crippen LogP contribution in [-0.2, 0) is 6.54 Å². The van der Waals surface area contributed by atoms with Gasteiger partial charge in [-0.2, -0.15) is 16.7 Å². The Labute approximate surface area is 118 Å². The summed E-state index contributed by atoms with van der Waals surface area (Å²) in [6.45, 7) is 4.92. The first-order valence-electron chi connectivity index (χ1n) is 6.99. The van der Waals surface area contributed by atoms with Gasteiger partial charge in [0, 0.05) is 5.54 Å². The Morgan fingerprint density at radius 1 is 1.47 bits per heavy atom. The van der Waals surface area contributed by atoms with Gasteiger partial charge in [0.05, 0.1) is 18.4 Å². The van der Waals surface area contributed by atoms with E-state index in [0.717, 1.165) is 24.4 Å². The summed E-state index contributed by atoms with van der Waals surface area (Å²) in [6.07, 6.45) is 4.39. The second kappa shape index (κ2) is 6.72. The lowest BCUT2D eigenvalue weighted by Gasteiger charge is -2.27. The van der Waals surface area contributed by atoms with Gasteiger partial charge in [-0.1, -0.05) is 24.9 Å². The maximum Gasteiger partial charge on any atom is 0.240 e. The molecule has 1 fully saturated rings. The lowest BCUT2D eigenvalue weighted by atomic mass is 9.99. The van der Waals surface area contributed by atoms with E-state index in [4.69, 9.17) is 4.52 Å². The van der Waals surface area contributed by atoms with Crippen molar-refractivity contribution in [3.05, 3.63) is 11.7 Å². The Balaban J connectivity index is 1.89. The smallest absolute Gasteiger partial charge is 0.240 e. The summed E-state index contributed by atoms with van der Waals surface area (Å²) in [5.74, 6) is 2.41. The lowest BCUT2D eigenvalue weighted by molar-refractivity contribution is 0.158. The maximum absolute atomic E-state index is 9.53. The molecule has 5 nitrogen and oxygen atoms in total. The molecule has 6 heteroatoms. The van der Waals surface area contributed by atoms with Crippen molar-refractivity contribution in [2.75, 3.05) is 12.4 Å². The van der Waals surface area contributed by atoms with Crippen LogP contribution in [-0.4, -0.2) is 33.1 Å². The largest absolute Gasteiger partial charge is 0.394 e. The van der Waals surface area contributed by atoms with Gasteiger partial charge in [0.1, 0.15) is 0 Å². The second-order valence-corrected chi connectivity index (χ2v) is 6.76. The monoisotopic (exact) mass is 285 g/mol. The van der Waals surface area contributed by atoms with E-state index in [1.54, 1.807) is 11.8 Å². The fourth-order valence-electron chi connectivity index (χ4n) is 2.54. The van der Waals surface area contributed by atoms with Crippen LogP contribution in [0.15, 0.2) is 4.52 Å². The van der Waals surface area contributed by atoms with Gasteiger partial charge >= 0.3 is 0 Å². The molecule has 1 unspecified atom stereocenters. The molecule has 1 aromatic rings. The zero-order valence-corrected chi connectivity index (χ0v) is 12.5. The minimum atomic E-state index is -0.140. The third-order valence-corrected chi connectivity index (χ3v) is 4.79. The van der Waals surface area contributed by atoms with E-state index in [1.165, 1.54) is 12.8 Å². The normalized spacial score (nSPS) is 19.7. The van der Waals surface area contributed by atoms with Gasteiger partial charge in [-0.15, -0.1) is 0 Å². The molecular formula is C13H23N3O2S. The Kier molecular flexibility index (Phi) is 5.24. The van der Waals surface area contributed by atoms with Crippen molar-refractivity contribution in [3.63, 3.8) is 0 Å². The third-order valence-electron chi connectivity index (χ3n) is 3.74. The molecule has 108 valence electrons. The molecule has 1 aromatic heterocycles. The Hall–Kier alpha value is -0.590. The van der Waals surface area contributed by atoms with E-state index in [2.05, 4.69) is 29.3 Å². The van der Waals surface area contributed by atoms with Crippen LogP contribution in [0.5, 0.6) is 0 Å². The van der Waals surface area contributed by atoms with Crippen LogP contribution in [0.1, 0.15) is 56.5 Å². The molecule has 2 N–H and O–H groups in total. The summed E-state index contributed by atoms with van der Waals surface area (Å²) >= 11 is 1.80. The van der Waals surface area contributed by atoms with Gasteiger partial charge in [0.2, 0.25) is 5.89 Å². The zero-order chi connectivity index (χ0) is 13.7. The van der Waals surface area contributed by atoms with Crippen LogP contribution in [0.25, 0.3) is 0 Å². The van der Waals surface area contributed by atoms with Crippen LogP contribution in [0.4, 0.5) is 0 Å². The summed E-state index contributed by atoms with van der Waals surface area (Å²) in [6, 6.07) is 0. The summed E-state index contributed by atoms with van der Waals surface area (Å²) in [4.78, 5) is 4.41. The molecule has 0 aromatic carbocycles. The molecule has 1 aliphatic carbocycles. The predicted octanol–water partition coefficient (Wildman–Crippen LogP) is 2.28. The van der Waals surface area contributed by atoms with E-state index < -0.39 is 0 Å². The Morgan fingerprint density at radius 3 is 2.84 bits per heavy atom. The number of aliphatic hydroxyl groups is 1. The SMILES string of the molecule is CCSC(C)c1noc(CNC2(CO)CCCC2)n1. The first-order chi connectivity index (χ1) is 9.19. The van der Waals surface area contributed by atoms with Crippen LogP contribution in [0, 0.1) is 0 Å². The molecule has 0 aliphatic heterocycles. The van der Waals surface area contributed by atoms with E-state index in [1.807, 2.05) is 0 Å². The van der Waals surface area contributed by atoms with Crippen molar-refractivity contribution >= 4 is 11.8 Å². The highest BCUT2D eigenvalue weighted by molar-refractivity contribution is 7.99. The number of hydrogen-bond acceptors (Lipinski definition) is 6. The molecular weight excluding hydrogens is 262 g/mol. The molecule has 0 radical (unpaired) electrons. The number of nitrogens with zero attached hydrogens (tertiary/aromatic N) is 2. The molecule has 0 saturated heterocycles. The highest BCUT2D eigenvalue weighted by Gasteiger charge is 2.32. The van der Waals surface area contributed by atoms with Crippen molar-refractivity contribution in [1.29, 1.82) is 0 Å². The summed E-state index contributed by atoms with van der Waals surface area (Å²) in [5.41, 5.74) is -0.140. The van der Waals surface area contributed by atoms with E-state index in [-0.39, 0.29) is 17.4 Å². The highest BCUT2D eigenvalue weighted by Crippen LogP contribution is 2.29. The highest BCUT2D eigenvalue weighted by atomic mass is 32.2. The number of aliphatic hydroxyl groups excluding tert-OH is 1. The minimum Gasteiger partial charge on any atom is -0.394 e. The Morgan fingerprint density at radius 2 is 2.21 bits per heavy atom. The number of thioether (sulfide) groups is 1. The van der Waals surface area contributed by atoms with Crippen molar-refractivity contribution in [2.45, 2.75) is 56.9 Å². The summed E-state index contributed by atoms with van der Waals surface area (Å²) in [7, 11) is 0. The lowest BCUT2D eigenvalue weighted by Crippen LogP contribution is -2.45. The molecule has 19 heavy (non-hydrogen) atoms. The fraction of sp³-hybridized carbons (Fsp3) is 0.846. The molecule has 1 atom stereocenters. The topological polar surface area (TPSA) is 71.2 Å². The molecule has 0 bridgehead atoms. The summed E-state index contributed by atoms with van der Waals surface area (Å²) < 4.78 is 5.26. The van der Waals surface area contributed by atoms with E-state index in [9.17, 15) is 5.11 Å². The standard InChI is InChI=1S/C13H23N3O2S/c1-3-19-10(2)12-15-11(18-16-12)8-14-13(9-17)6-4-5-7-13/h10,14,17H,3-9H2,1-2H3. The van der Waals surface area contributed by atoms with Crippen LogP contribution >= 0.6 is 11.8 Å². The van der Waals surface area contributed by atoms with Gasteiger partial charge < -0.3 is 14.9 Å². The molecule has 1 aliphatic rings. The first kappa shape index (κ1) is 14.8. The van der Waals surface area contributed by atoms with Crippen molar-refractivity contribution in [1.82, 2.24) is 15.5 Å². The molecule has 0 amide bonds. The van der Waals surface area contributed by atoms with Crippen LogP contribution in [0.2, 0.25) is 0 Å². The minimum absolute atomic E-state index is 0.140. The molecule has 1 heterocycles. The molecule has 0 spiro atoms. The van der Waals surface area contributed by atoms with Gasteiger partial charge in [0.15, 0.2) is 5.82 Å². The van der Waals surface area contributed by atoms with Crippen molar-refractivity contribution < 1.29 is 9.63 Å². The first-order valence-corrected chi connectivity index (χ1v) is 8.04. The quantitative estimate of drug-likeness (QED) is 0.801. The summed E-state index contributed by atoms with van der Waals surface area (Å²) in [5, 5.41) is 17.2. The average Bonchev–Trinajstić information content (AvgIpc) is 3.07. The zero-order valence-electron chi connectivity index (χ0n) is 11.7. The number of aromatic nitrogens is 2. The van der Waals surface area contributed by atoms with E-state index in [0.29, 0.717) is 12.4 Å². The van der Waals surface area contributed by atoms with Crippen molar-refractivity contribution in [2.24, 2.45) is 0 Å². The van der Waals surface area contributed by atoms with Crippen LogP contribution in [0.3, 0.4) is 0 Å².